The molecule has 0 saturated carbocycles. The summed E-state index contributed by atoms with van der Waals surface area (Å²) in [6, 6.07) is 3.33. The van der Waals surface area contributed by atoms with Crippen LogP contribution >= 0.6 is 0 Å². The molecule has 0 heterocycles. The second kappa shape index (κ2) is 6.07. The summed E-state index contributed by atoms with van der Waals surface area (Å²) in [6.07, 6.45) is 0. The maximum absolute atomic E-state index is 5.17. The molecule has 0 amide bonds. The lowest BCUT2D eigenvalue weighted by molar-refractivity contribution is -0.202. The van der Waals surface area contributed by atoms with Crippen molar-refractivity contribution in [3.8, 4) is 23.0 Å². The summed E-state index contributed by atoms with van der Waals surface area (Å²) in [5, 5.41) is 0. The fourth-order valence-electron chi connectivity index (χ4n) is 1.23. The highest BCUT2D eigenvalue weighted by molar-refractivity contribution is 5.55. The minimum Gasteiger partial charge on any atom is -0.493 e. The van der Waals surface area contributed by atoms with E-state index in [0.717, 1.165) is 0 Å². The molecule has 5 heteroatoms. The SMILES string of the molecule is CCOOc1cc(OC)c(OC)c(OC)c1. The molecule has 5 nitrogen and oxygen atoms in total. The Labute approximate surface area is 94.8 Å². The third-order valence-electron chi connectivity index (χ3n) is 1.91. The Morgan fingerprint density at radius 3 is 1.88 bits per heavy atom. The minimum atomic E-state index is 0.455. The molecule has 0 aromatic heterocycles. The van der Waals surface area contributed by atoms with E-state index in [1.165, 1.54) is 0 Å². The van der Waals surface area contributed by atoms with Gasteiger partial charge in [-0.25, -0.2) is 0 Å². The van der Waals surface area contributed by atoms with Gasteiger partial charge in [0, 0.05) is 12.1 Å². The first kappa shape index (κ1) is 12.4. The molecule has 0 fully saturated rings. The Balaban J connectivity index is 3.05. The normalized spacial score (nSPS) is 9.75. The minimum absolute atomic E-state index is 0.455. The fraction of sp³-hybridized carbons (Fsp3) is 0.455. The molecule has 0 N–H and O–H groups in total. The zero-order valence-corrected chi connectivity index (χ0v) is 9.90. The molecule has 0 aliphatic rings. The first-order valence-corrected chi connectivity index (χ1v) is 4.86. The van der Waals surface area contributed by atoms with Crippen LogP contribution in [0.5, 0.6) is 23.0 Å². The fourth-order valence-corrected chi connectivity index (χ4v) is 1.23. The molecular formula is C11H16O5. The maximum atomic E-state index is 5.17. The highest BCUT2D eigenvalue weighted by Gasteiger charge is 2.14. The van der Waals surface area contributed by atoms with E-state index in [1.807, 2.05) is 6.92 Å². The molecule has 0 unspecified atom stereocenters. The summed E-state index contributed by atoms with van der Waals surface area (Å²) in [6.45, 7) is 2.29. The van der Waals surface area contributed by atoms with Crippen LogP contribution in [0.1, 0.15) is 6.92 Å². The van der Waals surface area contributed by atoms with Crippen LogP contribution in [-0.4, -0.2) is 27.9 Å². The van der Waals surface area contributed by atoms with Crippen LogP contribution in [0.2, 0.25) is 0 Å². The zero-order valence-electron chi connectivity index (χ0n) is 9.90. The Hall–Kier alpha value is -1.62. The van der Waals surface area contributed by atoms with Crippen LogP contribution in [0.3, 0.4) is 0 Å². The summed E-state index contributed by atoms with van der Waals surface area (Å²) in [4.78, 5) is 9.86. The lowest BCUT2D eigenvalue weighted by Crippen LogP contribution is -1.99. The van der Waals surface area contributed by atoms with Gasteiger partial charge < -0.3 is 19.1 Å². The topological polar surface area (TPSA) is 46.2 Å². The van der Waals surface area contributed by atoms with Crippen molar-refractivity contribution in [2.45, 2.75) is 6.92 Å². The summed E-state index contributed by atoms with van der Waals surface area (Å²) in [5.74, 6) is 2.07. The van der Waals surface area contributed by atoms with E-state index in [0.29, 0.717) is 29.6 Å². The molecule has 16 heavy (non-hydrogen) atoms. The van der Waals surface area contributed by atoms with E-state index < -0.39 is 0 Å². The van der Waals surface area contributed by atoms with Gasteiger partial charge in [0.25, 0.3) is 0 Å². The van der Waals surface area contributed by atoms with Crippen LogP contribution in [0.4, 0.5) is 0 Å². The quantitative estimate of drug-likeness (QED) is 0.550. The summed E-state index contributed by atoms with van der Waals surface area (Å²) >= 11 is 0. The summed E-state index contributed by atoms with van der Waals surface area (Å²) < 4.78 is 15.5. The Morgan fingerprint density at radius 2 is 1.50 bits per heavy atom. The van der Waals surface area contributed by atoms with Crippen molar-refractivity contribution >= 4 is 0 Å². The standard InChI is InChI=1S/C11H16O5/c1-5-15-16-8-6-9(12-2)11(14-4)10(7-8)13-3/h6-7H,5H2,1-4H3. The van der Waals surface area contributed by atoms with Crippen LogP contribution in [-0.2, 0) is 4.89 Å². The van der Waals surface area contributed by atoms with Crippen molar-refractivity contribution in [3.63, 3.8) is 0 Å². The summed E-state index contributed by atoms with van der Waals surface area (Å²) in [5.41, 5.74) is 0. The number of hydrogen-bond donors (Lipinski definition) is 0. The lowest BCUT2D eigenvalue weighted by atomic mass is 10.2. The van der Waals surface area contributed by atoms with Gasteiger partial charge >= 0.3 is 0 Å². The Morgan fingerprint density at radius 1 is 0.938 bits per heavy atom. The van der Waals surface area contributed by atoms with Gasteiger partial charge in [0.2, 0.25) is 5.75 Å². The maximum Gasteiger partial charge on any atom is 0.203 e. The van der Waals surface area contributed by atoms with Crippen molar-refractivity contribution < 1.29 is 24.0 Å². The molecule has 0 radical (unpaired) electrons. The molecule has 1 aromatic rings. The van der Waals surface area contributed by atoms with Gasteiger partial charge in [-0.1, -0.05) is 0 Å². The van der Waals surface area contributed by atoms with Crippen molar-refractivity contribution in [3.05, 3.63) is 12.1 Å². The number of ether oxygens (including phenoxy) is 3. The van der Waals surface area contributed by atoms with Gasteiger partial charge in [0.15, 0.2) is 17.2 Å². The van der Waals surface area contributed by atoms with Gasteiger partial charge in [-0.2, -0.15) is 4.89 Å². The molecule has 90 valence electrons. The predicted molar refractivity (Wildman–Crippen MR) is 58.4 cm³/mol. The highest BCUT2D eigenvalue weighted by atomic mass is 17.2. The van der Waals surface area contributed by atoms with Crippen molar-refractivity contribution in [2.75, 3.05) is 27.9 Å². The van der Waals surface area contributed by atoms with E-state index in [9.17, 15) is 0 Å². The van der Waals surface area contributed by atoms with Gasteiger partial charge in [-0.05, 0) is 6.92 Å². The molecule has 1 aromatic carbocycles. The largest absolute Gasteiger partial charge is 0.493 e. The number of benzene rings is 1. The van der Waals surface area contributed by atoms with Gasteiger partial charge in [0.05, 0.1) is 27.9 Å². The Kier molecular flexibility index (Phi) is 4.72. The molecule has 0 saturated heterocycles. The molecular weight excluding hydrogens is 212 g/mol. The number of hydrogen-bond acceptors (Lipinski definition) is 5. The van der Waals surface area contributed by atoms with Crippen molar-refractivity contribution in [2.24, 2.45) is 0 Å². The first-order chi connectivity index (χ1) is 7.76. The van der Waals surface area contributed by atoms with Gasteiger partial charge in [-0.3, -0.25) is 0 Å². The van der Waals surface area contributed by atoms with E-state index in [2.05, 4.69) is 0 Å². The van der Waals surface area contributed by atoms with E-state index in [4.69, 9.17) is 24.0 Å². The smallest absolute Gasteiger partial charge is 0.203 e. The lowest BCUT2D eigenvalue weighted by Gasteiger charge is -2.13. The molecule has 0 aliphatic heterocycles. The number of rotatable bonds is 6. The molecule has 0 spiro atoms. The van der Waals surface area contributed by atoms with E-state index in [-0.39, 0.29) is 0 Å². The second-order valence-corrected chi connectivity index (χ2v) is 2.85. The third kappa shape index (κ3) is 2.70. The highest BCUT2D eigenvalue weighted by Crippen LogP contribution is 2.40. The Bertz CT molecular complexity index is 312. The third-order valence-corrected chi connectivity index (χ3v) is 1.91. The average Bonchev–Trinajstić information content (AvgIpc) is 2.34. The summed E-state index contributed by atoms with van der Waals surface area (Å²) in [7, 11) is 4.63. The first-order valence-electron chi connectivity index (χ1n) is 4.86. The molecule has 0 bridgehead atoms. The van der Waals surface area contributed by atoms with Crippen molar-refractivity contribution in [1.29, 1.82) is 0 Å². The van der Waals surface area contributed by atoms with Crippen LogP contribution in [0.25, 0.3) is 0 Å². The van der Waals surface area contributed by atoms with Crippen LogP contribution < -0.4 is 19.1 Å². The van der Waals surface area contributed by atoms with Gasteiger partial charge in [-0.15, -0.1) is 0 Å². The monoisotopic (exact) mass is 228 g/mol. The van der Waals surface area contributed by atoms with Gasteiger partial charge in [0.1, 0.15) is 0 Å². The molecule has 1 rings (SSSR count). The van der Waals surface area contributed by atoms with Crippen LogP contribution in [0, 0.1) is 0 Å². The second-order valence-electron chi connectivity index (χ2n) is 2.85. The average molecular weight is 228 g/mol. The van der Waals surface area contributed by atoms with E-state index >= 15 is 0 Å². The molecule has 0 atom stereocenters. The number of methoxy groups -OCH3 is 3. The van der Waals surface area contributed by atoms with E-state index in [1.54, 1.807) is 33.5 Å². The van der Waals surface area contributed by atoms with Crippen molar-refractivity contribution in [1.82, 2.24) is 0 Å². The molecule has 0 aliphatic carbocycles. The zero-order chi connectivity index (χ0) is 12.0. The van der Waals surface area contributed by atoms with Crippen LogP contribution in [0.15, 0.2) is 12.1 Å². The predicted octanol–water partition coefficient (Wildman–Crippen LogP) is 2.04.